The van der Waals surface area contributed by atoms with Crippen LogP contribution in [0.1, 0.15) is 60.3 Å². The highest BCUT2D eigenvalue weighted by atomic mass is 16.6. The van der Waals surface area contributed by atoms with Crippen LogP contribution in [0.25, 0.3) is 0 Å². The first-order valence-electron chi connectivity index (χ1n) is 8.73. The van der Waals surface area contributed by atoms with Crippen LogP contribution in [0.3, 0.4) is 0 Å². The number of hydrogen-bond acceptors (Lipinski definition) is 4. The minimum absolute atomic E-state index is 0.0473. The van der Waals surface area contributed by atoms with Crippen molar-refractivity contribution in [3.8, 4) is 0 Å². The lowest BCUT2D eigenvalue weighted by molar-refractivity contribution is 0.0506. The monoisotopic (exact) mass is 313 g/mol. The average Bonchev–Trinajstić information content (AvgIpc) is 2.47. The van der Waals surface area contributed by atoms with E-state index in [0.717, 1.165) is 32.5 Å². The Labute approximate surface area is 135 Å². The van der Waals surface area contributed by atoms with Gasteiger partial charge in [-0.1, -0.05) is 13.8 Å². The van der Waals surface area contributed by atoms with Gasteiger partial charge in [0.1, 0.15) is 5.60 Å². The van der Waals surface area contributed by atoms with Gasteiger partial charge in [0.15, 0.2) is 0 Å². The third-order valence-electron chi connectivity index (χ3n) is 4.49. The molecule has 1 atom stereocenters. The van der Waals surface area contributed by atoms with E-state index in [1.54, 1.807) is 0 Å². The van der Waals surface area contributed by atoms with Crippen LogP contribution in [-0.2, 0) is 4.74 Å². The summed E-state index contributed by atoms with van der Waals surface area (Å²) < 4.78 is 5.33. The molecule has 130 valence electrons. The van der Waals surface area contributed by atoms with Crippen molar-refractivity contribution in [1.82, 2.24) is 16.0 Å². The number of ether oxygens (including phenoxy) is 1. The molecule has 1 unspecified atom stereocenters. The van der Waals surface area contributed by atoms with Crippen molar-refractivity contribution in [2.75, 3.05) is 26.2 Å². The van der Waals surface area contributed by atoms with Crippen LogP contribution in [0, 0.1) is 5.92 Å². The number of alkyl carbamates (subject to hydrolysis) is 1. The van der Waals surface area contributed by atoms with Gasteiger partial charge in [0.2, 0.25) is 0 Å². The van der Waals surface area contributed by atoms with Gasteiger partial charge in [-0.25, -0.2) is 4.79 Å². The molecule has 1 aliphatic rings. The number of carbonyl (C=O) groups excluding carboxylic acids is 1. The molecule has 1 heterocycles. The van der Waals surface area contributed by atoms with Gasteiger partial charge in [0, 0.05) is 12.1 Å². The molecule has 0 aromatic rings. The van der Waals surface area contributed by atoms with Gasteiger partial charge in [-0.15, -0.1) is 0 Å². The van der Waals surface area contributed by atoms with Gasteiger partial charge in [0.25, 0.3) is 0 Å². The predicted molar refractivity (Wildman–Crippen MR) is 91.1 cm³/mol. The van der Waals surface area contributed by atoms with Gasteiger partial charge in [-0.2, -0.15) is 0 Å². The summed E-state index contributed by atoms with van der Waals surface area (Å²) in [5, 5.41) is 10.1. The molecule has 5 nitrogen and oxygen atoms in total. The third-order valence-corrected chi connectivity index (χ3v) is 4.49. The molecule has 0 aliphatic carbocycles. The van der Waals surface area contributed by atoms with E-state index in [4.69, 9.17) is 4.74 Å². The fraction of sp³-hybridized carbons (Fsp3) is 0.941. The summed E-state index contributed by atoms with van der Waals surface area (Å²) in [5.74, 6) is 0.688. The first kappa shape index (κ1) is 19.2. The summed E-state index contributed by atoms with van der Waals surface area (Å²) in [6.45, 7) is 13.8. The quantitative estimate of drug-likeness (QED) is 0.676. The first-order valence-corrected chi connectivity index (χ1v) is 8.73. The van der Waals surface area contributed by atoms with Crippen LogP contribution in [0.2, 0.25) is 0 Å². The second-order valence-electron chi connectivity index (χ2n) is 7.44. The summed E-state index contributed by atoms with van der Waals surface area (Å²) in [7, 11) is 0. The van der Waals surface area contributed by atoms with Crippen LogP contribution in [0.4, 0.5) is 4.79 Å². The molecule has 1 rings (SSSR count). The predicted octanol–water partition coefficient (Wildman–Crippen LogP) is 2.66. The van der Waals surface area contributed by atoms with Gasteiger partial charge in [0.05, 0.1) is 0 Å². The summed E-state index contributed by atoms with van der Waals surface area (Å²) in [6.07, 6.45) is 4.18. The highest BCUT2D eigenvalue weighted by Gasteiger charge is 2.28. The van der Waals surface area contributed by atoms with Crippen molar-refractivity contribution in [3.63, 3.8) is 0 Å². The molecular weight excluding hydrogens is 278 g/mol. The van der Waals surface area contributed by atoms with Crippen molar-refractivity contribution in [2.45, 2.75) is 71.4 Å². The molecule has 0 saturated carbocycles. The Morgan fingerprint density at radius 2 is 1.95 bits per heavy atom. The second kappa shape index (κ2) is 8.73. The fourth-order valence-corrected chi connectivity index (χ4v) is 2.83. The molecule has 1 amide bonds. The maximum Gasteiger partial charge on any atom is 0.407 e. The maximum absolute atomic E-state index is 11.9. The Balaban J connectivity index is 2.45. The van der Waals surface area contributed by atoms with Gasteiger partial charge < -0.3 is 20.7 Å². The zero-order valence-electron chi connectivity index (χ0n) is 15.1. The van der Waals surface area contributed by atoms with E-state index in [9.17, 15) is 4.79 Å². The Kier molecular flexibility index (Phi) is 7.63. The molecule has 1 fully saturated rings. The summed E-state index contributed by atoms with van der Waals surface area (Å²) >= 11 is 0. The summed E-state index contributed by atoms with van der Waals surface area (Å²) in [5.41, 5.74) is -0.499. The normalized spacial score (nSPS) is 19.8. The average molecular weight is 313 g/mol. The third kappa shape index (κ3) is 6.97. The molecule has 0 aromatic heterocycles. The Bertz CT molecular complexity index is 329. The molecule has 0 bridgehead atoms. The highest BCUT2D eigenvalue weighted by molar-refractivity contribution is 5.67. The van der Waals surface area contributed by atoms with Crippen molar-refractivity contribution < 1.29 is 9.53 Å². The lowest BCUT2D eigenvalue weighted by atomic mass is 9.90. The standard InChI is InChI=1S/C17H35N3O2/c1-6-17(7-2,13-19-15(21)22-16(3,4)5)20-12-14-9-8-10-18-11-14/h14,18,20H,6-13H2,1-5H3,(H,19,21). The van der Waals surface area contributed by atoms with Crippen LogP contribution in [0.15, 0.2) is 0 Å². The van der Waals surface area contributed by atoms with Gasteiger partial charge in [-0.3, -0.25) is 0 Å². The molecule has 5 heteroatoms. The largest absolute Gasteiger partial charge is 0.444 e. The van der Waals surface area contributed by atoms with Crippen molar-refractivity contribution in [1.29, 1.82) is 0 Å². The van der Waals surface area contributed by atoms with Gasteiger partial charge >= 0.3 is 6.09 Å². The van der Waals surface area contributed by atoms with E-state index in [-0.39, 0.29) is 11.6 Å². The highest BCUT2D eigenvalue weighted by Crippen LogP contribution is 2.17. The molecule has 0 aromatic carbocycles. The van der Waals surface area contributed by atoms with Crippen LogP contribution in [0.5, 0.6) is 0 Å². The Morgan fingerprint density at radius 3 is 2.45 bits per heavy atom. The molecule has 3 N–H and O–H groups in total. The molecule has 22 heavy (non-hydrogen) atoms. The molecule has 1 aliphatic heterocycles. The first-order chi connectivity index (χ1) is 10.3. The SMILES string of the molecule is CCC(CC)(CNC(=O)OC(C)(C)C)NCC1CCCNC1. The number of hydrogen-bond donors (Lipinski definition) is 3. The number of amides is 1. The van der Waals surface area contributed by atoms with Gasteiger partial charge in [-0.05, 0) is 72.0 Å². The zero-order chi connectivity index (χ0) is 16.6. The van der Waals surface area contributed by atoms with E-state index in [2.05, 4.69) is 29.8 Å². The number of rotatable bonds is 7. The minimum Gasteiger partial charge on any atom is -0.444 e. The fourth-order valence-electron chi connectivity index (χ4n) is 2.83. The van der Waals surface area contributed by atoms with E-state index < -0.39 is 5.60 Å². The van der Waals surface area contributed by atoms with E-state index >= 15 is 0 Å². The maximum atomic E-state index is 11.9. The topological polar surface area (TPSA) is 62.4 Å². The van der Waals surface area contributed by atoms with Crippen LogP contribution in [-0.4, -0.2) is 43.4 Å². The van der Waals surface area contributed by atoms with E-state index in [0.29, 0.717) is 12.5 Å². The molecular formula is C17H35N3O2. The summed E-state index contributed by atoms with van der Waals surface area (Å²) in [6, 6.07) is 0. The van der Waals surface area contributed by atoms with Crippen LogP contribution < -0.4 is 16.0 Å². The van der Waals surface area contributed by atoms with Crippen molar-refractivity contribution in [3.05, 3.63) is 0 Å². The Morgan fingerprint density at radius 1 is 1.27 bits per heavy atom. The lowest BCUT2D eigenvalue weighted by Gasteiger charge is -2.36. The molecule has 0 radical (unpaired) electrons. The molecule has 1 saturated heterocycles. The minimum atomic E-state index is -0.452. The number of piperidine rings is 1. The number of nitrogens with one attached hydrogen (secondary N) is 3. The summed E-state index contributed by atoms with van der Waals surface area (Å²) in [4.78, 5) is 11.9. The van der Waals surface area contributed by atoms with Crippen molar-refractivity contribution in [2.24, 2.45) is 5.92 Å². The van der Waals surface area contributed by atoms with E-state index in [1.165, 1.54) is 12.8 Å². The second-order valence-corrected chi connectivity index (χ2v) is 7.44. The molecule has 0 spiro atoms. The Hall–Kier alpha value is -0.810. The van der Waals surface area contributed by atoms with E-state index in [1.807, 2.05) is 20.8 Å². The number of carbonyl (C=O) groups is 1. The smallest absolute Gasteiger partial charge is 0.407 e. The zero-order valence-corrected chi connectivity index (χ0v) is 15.1. The lowest BCUT2D eigenvalue weighted by Crippen LogP contribution is -2.55. The van der Waals surface area contributed by atoms with Crippen LogP contribution >= 0.6 is 0 Å². The van der Waals surface area contributed by atoms with Crippen molar-refractivity contribution >= 4 is 6.09 Å².